The number of nitrogens with one attached hydrogen (secondary N) is 1. The Morgan fingerprint density at radius 2 is 2.06 bits per heavy atom. The zero-order valence-electron chi connectivity index (χ0n) is 16.7. The van der Waals surface area contributed by atoms with E-state index < -0.39 is 12.1 Å². The maximum Gasteiger partial charge on any atom is 0.490 e. The highest BCUT2D eigenvalue weighted by molar-refractivity contribution is 7.07. The van der Waals surface area contributed by atoms with Crippen molar-refractivity contribution in [1.82, 2.24) is 25.0 Å². The van der Waals surface area contributed by atoms with Gasteiger partial charge in [-0.25, -0.2) is 9.78 Å². The largest absolute Gasteiger partial charge is 0.490 e. The molecule has 1 unspecified atom stereocenters. The van der Waals surface area contributed by atoms with E-state index in [1.165, 1.54) is 42.8 Å². The molecule has 2 N–H and O–H groups in total. The van der Waals surface area contributed by atoms with Crippen LogP contribution in [0.1, 0.15) is 47.9 Å². The van der Waals surface area contributed by atoms with E-state index in [1.54, 1.807) is 10.9 Å². The number of aliphatic carboxylic acids is 1. The van der Waals surface area contributed by atoms with Gasteiger partial charge < -0.3 is 10.4 Å². The number of carboxylic acids is 1. The van der Waals surface area contributed by atoms with Crippen molar-refractivity contribution in [1.29, 1.82) is 0 Å². The van der Waals surface area contributed by atoms with E-state index in [1.807, 2.05) is 6.20 Å². The second-order valence-electron chi connectivity index (χ2n) is 7.63. The molecule has 1 aliphatic carbocycles. The first-order valence-electron chi connectivity index (χ1n) is 9.95. The summed E-state index contributed by atoms with van der Waals surface area (Å²) >= 11 is 1.44. The van der Waals surface area contributed by atoms with Gasteiger partial charge in [0.15, 0.2) is 0 Å². The summed E-state index contributed by atoms with van der Waals surface area (Å²) in [6.45, 7) is 3.88. The van der Waals surface area contributed by atoms with Crippen LogP contribution in [-0.2, 0) is 11.3 Å². The van der Waals surface area contributed by atoms with Crippen LogP contribution >= 0.6 is 11.3 Å². The molecule has 1 fully saturated rings. The van der Waals surface area contributed by atoms with E-state index >= 15 is 0 Å². The summed E-state index contributed by atoms with van der Waals surface area (Å²) in [6.07, 6.45) is 1.85. The quantitative estimate of drug-likeness (QED) is 0.689. The zero-order valence-corrected chi connectivity index (χ0v) is 17.5. The van der Waals surface area contributed by atoms with Crippen LogP contribution in [0.2, 0.25) is 0 Å². The fraction of sp³-hybridized carbons (Fsp3) is 0.579. The van der Waals surface area contributed by atoms with Gasteiger partial charge >= 0.3 is 12.1 Å². The van der Waals surface area contributed by atoms with Gasteiger partial charge in [0, 0.05) is 37.8 Å². The van der Waals surface area contributed by atoms with Gasteiger partial charge in [-0.1, -0.05) is 6.42 Å². The molecule has 0 spiro atoms. The summed E-state index contributed by atoms with van der Waals surface area (Å²) in [5.74, 6) is -1.96. The Bertz CT molecular complexity index is 868. The highest BCUT2D eigenvalue weighted by Gasteiger charge is 2.38. The Hall–Kier alpha value is -2.47. The number of thiazole rings is 1. The highest BCUT2D eigenvalue weighted by Crippen LogP contribution is 2.30. The van der Waals surface area contributed by atoms with Gasteiger partial charge in [-0.2, -0.15) is 18.3 Å². The molecule has 4 rings (SSSR count). The van der Waals surface area contributed by atoms with Gasteiger partial charge in [-0.15, -0.1) is 11.3 Å². The van der Waals surface area contributed by atoms with Crippen molar-refractivity contribution in [2.75, 3.05) is 19.6 Å². The molecule has 31 heavy (non-hydrogen) atoms. The first-order valence-corrected chi connectivity index (χ1v) is 10.9. The van der Waals surface area contributed by atoms with Gasteiger partial charge in [0.1, 0.15) is 5.69 Å². The average Bonchev–Trinajstić information content (AvgIpc) is 3.36. The van der Waals surface area contributed by atoms with E-state index in [0.29, 0.717) is 18.3 Å². The monoisotopic (exact) mass is 459 g/mol. The number of alkyl halides is 3. The summed E-state index contributed by atoms with van der Waals surface area (Å²) in [6, 6.07) is 2.45. The molecule has 1 saturated carbocycles. The minimum atomic E-state index is -5.08. The van der Waals surface area contributed by atoms with Crippen molar-refractivity contribution in [2.45, 2.75) is 44.4 Å². The van der Waals surface area contributed by atoms with E-state index in [9.17, 15) is 18.0 Å². The Morgan fingerprint density at radius 1 is 1.32 bits per heavy atom. The molecule has 0 radical (unpaired) electrons. The lowest BCUT2D eigenvalue weighted by atomic mass is 9.85. The SMILES string of the molecule is O=C(NCCC1CN(CC2CCC2)Cc2ccnn21)c1cscn1.O=C(O)C(F)(F)F. The van der Waals surface area contributed by atoms with Gasteiger partial charge in [0.2, 0.25) is 0 Å². The molecule has 0 aromatic carbocycles. The van der Waals surface area contributed by atoms with E-state index in [-0.39, 0.29) is 5.91 Å². The molecule has 1 atom stereocenters. The van der Waals surface area contributed by atoms with Gasteiger partial charge in [0.25, 0.3) is 5.91 Å². The third-order valence-corrected chi connectivity index (χ3v) is 5.95. The molecule has 3 heterocycles. The highest BCUT2D eigenvalue weighted by atomic mass is 32.1. The van der Waals surface area contributed by atoms with E-state index in [4.69, 9.17) is 9.90 Å². The molecule has 0 saturated heterocycles. The number of aromatic nitrogens is 3. The van der Waals surface area contributed by atoms with Crippen molar-refractivity contribution >= 4 is 23.2 Å². The van der Waals surface area contributed by atoms with Crippen LogP contribution < -0.4 is 5.32 Å². The zero-order chi connectivity index (χ0) is 22.4. The molecule has 0 bridgehead atoms. The van der Waals surface area contributed by atoms with E-state index in [2.05, 4.69) is 31.0 Å². The maximum atomic E-state index is 12.0. The first kappa shape index (κ1) is 23.2. The Morgan fingerprint density at radius 3 is 2.65 bits per heavy atom. The number of carboxylic acid groups (broad SMARTS) is 1. The van der Waals surface area contributed by atoms with E-state index in [0.717, 1.165) is 25.4 Å². The predicted octanol–water partition coefficient (Wildman–Crippen LogP) is 2.95. The fourth-order valence-electron chi connectivity index (χ4n) is 3.63. The summed E-state index contributed by atoms with van der Waals surface area (Å²) in [5, 5.41) is 16.4. The topological polar surface area (TPSA) is 100 Å². The Labute approximate surface area is 181 Å². The Kier molecular flexibility index (Phi) is 7.65. The van der Waals surface area contributed by atoms with Crippen molar-refractivity contribution in [2.24, 2.45) is 5.92 Å². The van der Waals surface area contributed by atoms with Crippen molar-refractivity contribution < 1.29 is 27.9 Å². The predicted molar refractivity (Wildman–Crippen MR) is 107 cm³/mol. The summed E-state index contributed by atoms with van der Waals surface area (Å²) in [7, 11) is 0. The lowest BCUT2D eigenvalue weighted by Crippen LogP contribution is -2.42. The number of rotatable bonds is 6. The molecule has 12 heteroatoms. The summed E-state index contributed by atoms with van der Waals surface area (Å²) in [5.41, 5.74) is 3.48. The van der Waals surface area contributed by atoms with Crippen molar-refractivity contribution in [3.8, 4) is 0 Å². The number of carbonyl (C=O) groups excluding carboxylic acids is 1. The fourth-order valence-corrected chi connectivity index (χ4v) is 4.16. The minimum Gasteiger partial charge on any atom is -0.475 e. The molecule has 2 aromatic rings. The van der Waals surface area contributed by atoms with Gasteiger partial charge in [0.05, 0.1) is 17.2 Å². The average molecular weight is 459 g/mol. The number of hydrogen-bond donors (Lipinski definition) is 2. The number of hydrogen-bond acceptors (Lipinski definition) is 6. The van der Waals surface area contributed by atoms with Crippen LogP contribution in [0.5, 0.6) is 0 Å². The van der Waals surface area contributed by atoms with Crippen LogP contribution in [0.15, 0.2) is 23.2 Å². The van der Waals surface area contributed by atoms with Gasteiger partial charge in [-0.3, -0.25) is 14.4 Å². The molecule has 170 valence electrons. The smallest absolute Gasteiger partial charge is 0.475 e. The van der Waals surface area contributed by atoms with Crippen LogP contribution in [-0.4, -0.2) is 62.5 Å². The lowest BCUT2D eigenvalue weighted by Gasteiger charge is -2.38. The second kappa shape index (κ2) is 10.2. The molecular weight excluding hydrogens is 435 g/mol. The van der Waals surface area contributed by atoms with Crippen LogP contribution in [0, 0.1) is 5.92 Å². The molecule has 2 aromatic heterocycles. The standard InChI is InChI=1S/C17H23N5OS.C2HF3O2/c23-17(16-11-24-12-19-16)18-6-4-14-9-21(8-13-2-1-3-13)10-15-5-7-20-22(14)15;3-2(4,5)1(6)7/h5,7,11-14H,1-4,6,8-10H2,(H,18,23);(H,6,7). The van der Waals surface area contributed by atoms with Crippen molar-refractivity contribution in [3.63, 3.8) is 0 Å². The van der Waals surface area contributed by atoms with Crippen LogP contribution in [0.3, 0.4) is 0 Å². The summed E-state index contributed by atoms with van der Waals surface area (Å²) in [4.78, 5) is 27.5. The molecule has 1 amide bonds. The normalized spacial score (nSPS) is 19.0. The number of carbonyl (C=O) groups is 2. The van der Waals surface area contributed by atoms with Crippen molar-refractivity contribution in [3.05, 3.63) is 34.5 Å². The summed E-state index contributed by atoms with van der Waals surface area (Å²) < 4.78 is 33.9. The minimum absolute atomic E-state index is 0.0842. The number of amides is 1. The number of fused-ring (bicyclic) bond motifs is 1. The third-order valence-electron chi connectivity index (χ3n) is 5.36. The van der Waals surface area contributed by atoms with Gasteiger partial charge in [-0.05, 0) is 31.2 Å². The molecule has 2 aliphatic rings. The number of halogens is 3. The molecule has 8 nitrogen and oxygen atoms in total. The number of nitrogens with zero attached hydrogens (tertiary/aromatic N) is 4. The first-order chi connectivity index (χ1) is 14.7. The Balaban J connectivity index is 0.000000339. The maximum absolute atomic E-state index is 12.0. The third kappa shape index (κ3) is 6.50. The van der Waals surface area contributed by atoms with Crippen LogP contribution in [0.4, 0.5) is 13.2 Å². The second-order valence-corrected chi connectivity index (χ2v) is 8.35. The molecular formula is C19H24F3N5O3S. The van der Waals surface area contributed by atoms with Crippen LogP contribution in [0.25, 0.3) is 0 Å². The lowest BCUT2D eigenvalue weighted by molar-refractivity contribution is -0.192. The molecule has 1 aliphatic heterocycles.